The van der Waals surface area contributed by atoms with Gasteiger partial charge in [0.05, 0.1) is 18.3 Å². The minimum atomic E-state index is -0.794. The zero-order chi connectivity index (χ0) is 16.9. The van der Waals surface area contributed by atoms with E-state index in [0.29, 0.717) is 31.7 Å². The highest BCUT2D eigenvalue weighted by atomic mass is 32.2. The van der Waals surface area contributed by atoms with Gasteiger partial charge in [-0.2, -0.15) is 0 Å². The number of hydrogen-bond acceptors (Lipinski definition) is 4. The maximum Gasteiger partial charge on any atom is 0.311 e. The van der Waals surface area contributed by atoms with Crippen molar-refractivity contribution in [2.45, 2.75) is 31.1 Å². The molecule has 2 rings (SSSR count). The minimum Gasteiger partial charge on any atom is -0.497 e. The average Bonchev–Trinajstić information content (AvgIpc) is 2.59. The van der Waals surface area contributed by atoms with Crippen LogP contribution in [0.15, 0.2) is 29.2 Å². The minimum absolute atomic E-state index is 0.00315. The zero-order valence-electron chi connectivity index (χ0n) is 13.6. The Kier molecular flexibility index (Phi) is 5.93. The third kappa shape index (κ3) is 4.19. The van der Waals surface area contributed by atoms with E-state index in [1.807, 2.05) is 31.2 Å². The quantitative estimate of drug-likeness (QED) is 0.809. The molecule has 1 aliphatic rings. The number of aliphatic carboxylic acids is 1. The number of piperidine rings is 1. The molecule has 0 aromatic heterocycles. The summed E-state index contributed by atoms with van der Waals surface area (Å²) in [5.41, 5.74) is -0.783. The van der Waals surface area contributed by atoms with Gasteiger partial charge in [-0.3, -0.25) is 9.59 Å². The van der Waals surface area contributed by atoms with E-state index < -0.39 is 11.4 Å². The predicted octanol–water partition coefficient (Wildman–Crippen LogP) is 2.89. The van der Waals surface area contributed by atoms with Crippen molar-refractivity contribution in [3.05, 3.63) is 24.3 Å². The molecule has 1 N–H and O–H groups in total. The highest BCUT2D eigenvalue weighted by Crippen LogP contribution is 2.34. The van der Waals surface area contributed by atoms with E-state index in [0.717, 1.165) is 17.1 Å². The van der Waals surface area contributed by atoms with E-state index >= 15 is 0 Å². The van der Waals surface area contributed by atoms with Crippen molar-refractivity contribution in [2.75, 3.05) is 26.0 Å². The molecule has 1 aromatic rings. The molecule has 6 heteroatoms. The molecule has 1 atom stereocenters. The number of thioether (sulfide) groups is 1. The van der Waals surface area contributed by atoms with Crippen LogP contribution in [0.3, 0.4) is 0 Å². The lowest BCUT2D eigenvalue weighted by atomic mass is 9.77. The smallest absolute Gasteiger partial charge is 0.311 e. The maximum absolute atomic E-state index is 12.4. The van der Waals surface area contributed by atoms with Crippen LogP contribution < -0.4 is 4.74 Å². The van der Waals surface area contributed by atoms with Crippen molar-refractivity contribution >= 4 is 23.6 Å². The van der Waals surface area contributed by atoms with Gasteiger partial charge in [0.1, 0.15) is 5.75 Å². The molecule has 126 valence electrons. The number of carbonyl (C=O) groups excluding carboxylic acids is 1. The molecule has 0 aliphatic carbocycles. The van der Waals surface area contributed by atoms with Gasteiger partial charge in [-0.05, 0) is 37.5 Å². The maximum atomic E-state index is 12.4. The van der Waals surface area contributed by atoms with Crippen molar-refractivity contribution in [2.24, 2.45) is 5.41 Å². The molecule has 0 saturated carbocycles. The van der Waals surface area contributed by atoms with Crippen LogP contribution in [0.4, 0.5) is 0 Å². The molecule has 1 amide bonds. The third-order valence-electron chi connectivity index (χ3n) is 4.46. The number of nitrogens with zero attached hydrogens (tertiary/aromatic N) is 1. The Hall–Kier alpha value is -1.69. The Morgan fingerprint density at radius 2 is 2.22 bits per heavy atom. The van der Waals surface area contributed by atoms with Gasteiger partial charge in [0.25, 0.3) is 0 Å². The Balaban J connectivity index is 1.96. The topological polar surface area (TPSA) is 66.8 Å². The third-order valence-corrected chi connectivity index (χ3v) is 5.44. The highest BCUT2D eigenvalue weighted by molar-refractivity contribution is 8.00. The van der Waals surface area contributed by atoms with Crippen molar-refractivity contribution in [3.8, 4) is 5.75 Å². The Bertz CT molecular complexity index is 577. The molecular weight excluding hydrogens is 314 g/mol. The van der Waals surface area contributed by atoms with Crippen LogP contribution in [0.2, 0.25) is 0 Å². The number of amides is 1. The summed E-state index contributed by atoms with van der Waals surface area (Å²) in [6.07, 6.45) is 1.94. The fraction of sp³-hybridized carbons (Fsp3) is 0.529. The summed E-state index contributed by atoms with van der Waals surface area (Å²) < 4.78 is 5.17. The second kappa shape index (κ2) is 7.73. The van der Waals surface area contributed by atoms with Crippen LogP contribution in [-0.4, -0.2) is 47.8 Å². The Morgan fingerprint density at radius 3 is 2.87 bits per heavy atom. The van der Waals surface area contributed by atoms with E-state index in [1.165, 1.54) is 11.8 Å². The molecule has 1 fully saturated rings. The van der Waals surface area contributed by atoms with Gasteiger partial charge in [-0.15, -0.1) is 11.8 Å². The SMILES string of the molecule is CCC1(C(=O)O)CCCN(C(=O)CSc2cccc(OC)c2)C1. The molecule has 1 aliphatic heterocycles. The van der Waals surface area contributed by atoms with E-state index in [4.69, 9.17) is 4.74 Å². The number of carboxylic acid groups (broad SMARTS) is 1. The fourth-order valence-electron chi connectivity index (χ4n) is 2.89. The molecule has 0 radical (unpaired) electrons. The number of ether oxygens (including phenoxy) is 1. The second-order valence-electron chi connectivity index (χ2n) is 5.83. The van der Waals surface area contributed by atoms with Crippen molar-refractivity contribution < 1.29 is 19.4 Å². The molecule has 0 spiro atoms. The summed E-state index contributed by atoms with van der Waals surface area (Å²) in [7, 11) is 1.61. The van der Waals surface area contributed by atoms with Gasteiger partial charge in [0.15, 0.2) is 0 Å². The first-order valence-corrected chi connectivity index (χ1v) is 8.77. The van der Waals surface area contributed by atoms with E-state index in [2.05, 4.69) is 0 Å². The lowest BCUT2D eigenvalue weighted by Crippen LogP contribution is -2.50. The zero-order valence-corrected chi connectivity index (χ0v) is 14.4. The molecule has 1 saturated heterocycles. The van der Waals surface area contributed by atoms with Crippen molar-refractivity contribution in [1.29, 1.82) is 0 Å². The first kappa shape index (κ1) is 17.7. The van der Waals surface area contributed by atoms with Gasteiger partial charge < -0.3 is 14.7 Å². The summed E-state index contributed by atoms with van der Waals surface area (Å²) in [5.74, 6) is 0.276. The first-order valence-electron chi connectivity index (χ1n) is 7.79. The predicted molar refractivity (Wildman–Crippen MR) is 89.9 cm³/mol. The van der Waals surface area contributed by atoms with Crippen molar-refractivity contribution in [1.82, 2.24) is 4.90 Å². The Morgan fingerprint density at radius 1 is 1.43 bits per heavy atom. The standard InChI is InChI=1S/C17H23NO4S/c1-3-17(16(20)21)8-5-9-18(12-17)15(19)11-23-14-7-4-6-13(10-14)22-2/h4,6-7,10H,3,5,8-9,11-12H2,1-2H3,(H,20,21). The first-order chi connectivity index (χ1) is 11.0. The number of rotatable bonds is 6. The molecule has 23 heavy (non-hydrogen) atoms. The molecule has 1 heterocycles. The summed E-state index contributed by atoms with van der Waals surface area (Å²) in [6, 6.07) is 7.57. The van der Waals surface area contributed by atoms with Crippen molar-refractivity contribution in [3.63, 3.8) is 0 Å². The molecule has 5 nitrogen and oxygen atoms in total. The average molecular weight is 337 g/mol. The Labute approximate surface area is 141 Å². The van der Waals surface area contributed by atoms with Crippen LogP contribution in [0.1, 0.15) is 26.2 Å². The number of hydrogen-bond donors (Lipinski definition) is 1. The monoisotopic (exact) mass is 337 g/mol. The van der Waals surface area contributed by atoms with Gasteiger partial charge in [0, 0.05) is 18.0 Å². The van der Waals surface area contributed by atoms with Gasteiger partial charge in [-0.25, -0.2) is 0 Å². The van der Waals surface area contributed by atoms with E-state index in [1.54, 1.807) is 12.0 Å². The summed E-state index contributed by atoms with van der Waals surface area (Å²) >= 11 is 1.45. The number of carbonyl (C=O) groups is 2. The number of carboxylic acids is 1. The summed E-state index contributed by atoms with van der Waals surface area (Å²) in [5, 5.41) is 9.50. The van der Waals surface area contributed by atoms with Gasteiger partial charge in [0.2, 0.25) is 5.91 Å². The van der Waals surface area contributed by atoms with Crippen LogP contribution in [0.5, 0.6) is 5.75 Å². The molecular formula is C17H23NO4S. The van der Waals surface area contributed by atoms with Gasteiger partial charge >= 0.3 is 5.97 Å². The van der Waals surface area contributed by atoms with Crippen LogP contribution >= 0.6 is 11.8 Å². The lowest BCUT2D eigenvalue weighted by molar-refractivity contribution is -0.154. The molecule has 1 unspecified atom stereocenters. The van der Waals surface area contributed by atoms with E-state index in [9.17, 15) is 14.7 Å². The lowest BCUT2D eigenvalue weighted by Gasteiger charge is -2.39. The fourth-order valence-corrected chi connectivity index (χ4v) is 3.73. The van der Waals surface area contributed by atoms with E-state index in [-0.39, 0.29) is 5.91 Å². The number of benzene rings is 1. The summed E-state index contributed by atoms with van der Waals surface area (Å²) in [4.78, 5) is 26.7. The number of likely N-dealkylation sites (tertiary alicyclic amines) is 1. The largest absolute Gasteiger partial charge is 0.497 e. The number of methoxy groups -OCH3 is 1. The normalized spacial score (nSPS) is 21.0. The highest BCUT2D eigenvalue weighted by Gasteiger charge is 2.41. The molecule has 0 bridgehead atoms. The van der Waals surface area contributed by atoms with Crippen LogP contribution in [0, 0.1) is 5.41 Å². The van der Waals surface area contributed by atoms with Crippen LogP contribution in [0.25, 0.3) is 0 Å². The van der Waals surface area contributed by atoms with Crippen LogP contribution in [-0.2, 0) is 9.59 Å². The summed E-state index contributed by atoms with van der Waals surface area (Å²) in [6.45, 7) is 2.84. The van der Waals surface area contributed by atoms with Gasteiger partial charge in [-0.1, -0.05) is 13.0 Å². The molecule has 1 aromatic carbocycles. The second-order valence-corrected chi connectivity index (χ2v) is 6.87.